The standard InChI is InChI=1S/C11H12N4/c1-10-4-6-11(7-5-10)3-2-8-15-9-12-13-14-15/h2-7,9H,8H2,1H3/b3-2+. The summed E-state index contributed by atoms with van der Waals surface area (Å²) < 4.78 is 1.67. The Bertz CT molecular complexity index is 428. The van der Waals surface area contributed by atoms with E-state index in [0.717, 1.165) is 0 Å². The summed E-state index contributed by atoms with van der Waals surface area (Å²) in [6.45, 7) is 2.77. The highest BCUT2D eigenvalue weighted by Crippen LogP contribution is 2.04. The predicted molar refractivity (Wildman–Crippen MR) is 58.0 cm³/mol. The molecule has 1 aromatic carbocycles. The van der Waals surface area contributed by atoms with Crippen LogP contribution in [0.2, 0.25) is 0 Å². The van der Waals surface area contributed by atoms with Gasteiger partial charge in [0.15, 0.2) is 0 Å². The Balaban J connectivity index is 1.97. The predicted octanol–water partition coefficient (Wildman–Crippen LogP) is 1.69. The minimum atomic E-state index is 0.695. The van der Waals surface area contributed by atoms with Crippen LogP contribution in [0.4, 0.5) is 0 Å². The molecule has 0 atom stereocenters. The van der Waals surface area contributed by atoms with Crippen LogP contribution in [-0.2, 0) is 6.54 Å². The summed E-state index contributed by atoms with van der Waals surface area (Å²) in [7, 11) is 0. The number of aromatic nitrogens is 4. The van der Waals surface area contributed by atoms with E-state index in [2.05, 4.69) is 52.8 Å². The highest BCUT2D eigenvalue weighted by Gasteiger charge is 1.88. The van der Waals surface area contributed by atoms with Gasteiger partial charge in [-0.15, -0.1) is 5.10 Å². The fourth-order valence-corrected chi connectivity index (χ4v) is 1.24. The molecule has 2 aromatic rings. The minimum Gasteiger partial charge on any atom is -0.229 e. The lowest BCUT2D eigenvalue weighted by atomic mass is 10.1. The Hall–Kier alpha value is -1.97. The van der Waals surface area contributed by atoms with Gasteiger partial charge in [0.25, 0.3) is 0 Å². The SMILES string of the molecule is Cc1ccc(/C=C/Cn2cnnn2)cc1. The largest absolute Gasteiger partial charge is 0.229 e. The van der Waals surface area contributed by atoms with Gasteiger partial charge in [-0.05, 0) is 22.9 Å². The molecule has 0 aliphatic carbocycles. The third kappa shape index (κ3) is 2.74. The second-order valence-electron chi connectivity index (χ2n) is 3.34. The fourth-order valence-electron chi connectivity index (χ4n) is 1.24. The van der Waals surface area contributed by atoms with Crippen LogP contribution >= 0.6 is 0 Å². The molecule has 0 N–H and O–H groups in total. The molecular formula is C11H12N4. The zero-order valence-corrected chi connectivity index (χ0v) is 8.54. The highest BCUT2D eigenvalue weighted by molar-refractivity contribution is 5.49. The maximum Gasteiger partial charge on any atom is 0.138 e. The monoisotopic (exact) mass is 200 g/mol. The van der Waals surface area contributed by atoms with E-state index >= 15 is 0 Å². The van der Waals surface area contributed by atoms with Crippen LogP contribution in [0.5, 0.6) is 0 Å². The van der Waals surface area contributed by atoms with Gasteiger partial charge in [0.05, 0.1) is 6.54 Å². The van der Waals surface area contributed by atoms with E-state index in [1.54, 1.807) is 11.0 Å². The molecule has 0 saturated carbocycles. The number of nitrogens with zero attached hydrogens (tertiary/aromatic N) is 4. The van der Waals surface area contributed by atoms with Gasteiger partial charge in [0, 0.05) is 0 Å². The quantitative estimate of drug-likeness (QED) is 0.757. The van der Waals surface area contributed by atoms with Crippen LogP contribution in [-0.4, -0.2) is 20.2 Å². The van der Waals surface area contributed by atoms with Gasteiger partial charge in [-0.25, -0.2) is 4.68 Å². The average Bonchev–Trinajstić information content (AvgIpc) is 2.74. The lowest BCUT2D eigenvalue weighted by Gasteiger charge is -1.94. The first-order chi connectivity index (χ1) is 7.34. The van der Waals surface area contributed by atoms with Crippen molar-refractivity contribution in [2.24, 2.45) is 0 Å². The van der Waals surface area contributed by atoms with Crippen LogP contribution in [0.25, 0.3) is 6.08 Å². The molecule has 4 nitrogen and oxygen atoms in total. The molecule has 1 aromatic heterocycles. The van der Waals surface area contributed by atoms with Gasteiger partial charge >= 0.3 is 0 Å². The molecule has 0 fully saturated rings. The number of benzene rings is 1. The van der Waals surface area contributed by atoms with Crippen LogP contribution in [0.1, 0.15) is 11.1 Å². The van der Waals surface area contributed by atoms with Gasteiger partial charge in [-0.1, -0.05) is 42.0 Å². The van der Waals surface area contributed by atoms with Gasteiger partial charge in [-0.2, -0.15) is 0 Å². The molecule has 0 amide bonds. The molecule has 0 unspecified atom stereocenters. The number of hydrogen-bond donors (Lipinski definition) is 0. The molecule has 0 saturated heterocycles. The van der Waals surface area contributed by atoms with Gasteiger partial charge < -0.3 is 0 Å². The van der Waals surface area contributed by atoms with E-state index in [9.17, 15) is 0 Å². The van der Waals surface area contributed by atoms with E-state index in [-0.39, 0.29) is 0 Å². The van der Waals surface area contributed by atoms with Gasteiger partial charge in [-0.3, -0.25) is 0 Å². The van der Waals surface area contributed by atoms with Crippen LogP contribution in [0.15, 0.2) is 36.7 Å². The summed E-state index contributed by atoms with van der Waals surface area (Å²) in [6, 6.07) is 8.37. The van der Waals surface area contributed by atoms with Crippen molar-refractivity contribution in [2.75, 3.05) is 0 Å². The summed E-state index contributed by atoms with van der Waals surface area (Å²) in [5, 5.41) is 10.9. The summed E-state index contributed by atoms with van der Waals surface area (Å²) in [5.41, 5.74) is 2.46. The van der Waals surface area contributed by atoms with Crippen molar-refractivity contribution in [2.45, 2.75) is 13.5 Å². The van der Waals surface area contributed by atoms with E-state index < -0.39 is 0 Å². The number of tetrazole rings is 1. The van der Waals surface area contributed by atoms with Crippen molar-refractivity contribution in [3.8, 4) is 0 Å². The van der Waals surface area contributed by atoms with Crippen molar-refractivity contribution in [1.29, 1.82) is 0 Å². The Morgan fingerprint density at radius 3 is 2.73 bits per heavy atom. The first kappa shape index (κ1) is 9.58. The van der Waals surface area contributed by atoms with E-state index in [0.29, 0.717) is 6.54 Å². The van der Waals surface area contributed by atoms with Crippen molar-refractivity contribution in [3.63, 3.8) is 0 Å². The van der Waals surface area contributed by atoms with E-state index in [1.807, 2.05) is 6.08 Å². The van der Waals surface area contributed by atoms with E-state index in [4.69, 9.17) is 0 Å². The summed E-state index contributed by atoms with van der Waals surface area (Å²) in [6.07, 6.45) is 5.68. The molecule has 2 rings (SSSR count). The first-order valence-electron chi connectivity index (χ1n) is 4.78. The summed E-state index contributed by atoms with van der Waals surface area (Å²) >= 11 is 0. The molecule has 0 spiro atoms. The van der Waals surface area contributed by atoms with Crippen molar-refractivity contribution in [3.05, 3.63) is 47.8 Å². The Labute approximate surface area is 88.2 Å². The second-order valence-corrected chi connectivity index (χ2v) is 3.34. The zero-order chi connectivity index (χ0) is 10.5. The van der Waals surface area contributed by atoms with Gasteiger partial charge in [0.2, 0.25) is 0 Å². The molecule has 0 aliphatic rings. The fraction of sp³-hybridized carbons (Fsp3) is 0.182. The number of aryl methyl sites for hydroxylation is 1. The van der Waals surface area contributed by atoms with Crippen molar-refractivity contribution >= 4 is 6.08 Å². The summed E-state index contributed by atoms with van der Waals surface area (Å²) in [4.78, 5) is 0. The molecule has 4 heteroatoms. The number of hydrogen-bond acceptors (Lipinski definition) is 3. The highest BCUT2D eigenvalue weighted by atomic mass is 15.5. The Morgan fingerprint density at radius 1 is 1.27 bits per heavy atom. The maximum absolute atomic E-state index is 3.77. The molecular weight excluding hydrogens is 188 g/mol. The molecule has 0 aliphatic heterocycles. The third-order valence-electron chi connectivity index (χ3n) is 2.07. The lowest BCUT2D eigenvalue weighted by Crippen LogP contribution is -1.95. The second kappa shape index (κ2) is 4.50. The smallest absolute Gasteiger partial charge is 0.138 e. The zero-order valence-electron chi connectivity index (χ0n) is 8.54. The average molecular weight is 200 g/mol. The van der Waals surface area contributed by atoms with Crippen LogP contribution in [0, 0.1) is 6.92 Å². The number of rotatable bonds is 3. The molecule has 0 bridgehead atoms. The topological polar surface area (TPSA) is 43.6 Å². The van der Waals surface area contributed by atoms with E-state index in [1.165, 1.54) is 11.1 Å². The molecule has 76 valence electrons. The number of allylic oxidation sites excluding steroid dienone is 1. The Kier molecular flexibility index (Phi) is 2.88. The van der Waals surface area contributed by atoms with Crippen LogP contribution in [0.3, 0.4) is 0 Å². The summed E-state index contributed by atoms with van der Waals surface area (Å²) in [5.74, 6) is 0. The van der Waals surface area contributed by atoms with Gasteiger partial charge in [0.1, 0.15) is 6.33 Å². The molecule has 1 heterocycles. The first-order valence-corrected chi connectivity index (χ1v) is 4.78. The minimum absolute atomic E-state index is 0.695. The normalized spacial score (nSPS) is 11.0. The Morgan fingerprint density at radius 2 is 2.07 bits per heavy atom. The maximum atomic E-state index is 3.77. The lowest BCUT2D eigenvalue weighted by molar-refractivity contribution is 0.661. The third-order valence-corrected chi connectivity index (χ3v) is 2.07. The van der Waals surface area contributed by atoms with Crippen molar-refractivity contribution in [1.82, 2.24) is 20.2 Å². The molecule has 15 heavy (non-hydrogen) atoms. The molecule has 0 radical (unpaired) electrons. The van der Waals surface area contributed by atoms with Crippen LogP contribution < -0.4 is 0 Å². The van der Waals surface area contributed by atoms with Crippen molar-refractivity contribution < 1.29 is 0 Å².